The van der Waals surface area contributed by atoms with Crippen molar-refractivity contribution in [3.63, 3.8) is 0 Å². The lowest BCUT2D eigenvalue weighted by Crippen LogP contribution is -2.68. The molecule has 0 amide bonds. The van der Waals surface area contributed by atoms with Crippen LogP contribution < -0.4 is 0 Å². The van der Waals surface area contributed by atoms with Crippen LogP contribution in [0.25, 0.3) is 0 Å². The fourth-order valence-corrected chi connectivity index (χ4v) is 11.1. The van der Waals surface area contributed by atoms with E-state index >= 15 is 0 Å². The predicted molar refractivity (Wildman–Crippen MR) is 246 cm³/mol. The first-order chi connectivity index (χ1) is 39.1. The van der Waals surface area contributed by atoms with Crippen molar-refractivity contribution in [1.29, 1.82) is 0 Å². The Labute approximate surface area is 462 Å². The second-order valence-electron chi connectivity index (χ2n) is 21.1. The summed E-state index contributed by atoms with van der Waals surface area (Å²) >= 11 is 0. The van der Waals surface area contributed by atoms with Gasteiger partial charge in [0.2, 0.25) is 0 Å². The largest absolute Gasteiger partial charge is 0.394 e. The third-order valence-corrected chi connectivity index (χ3v) is 15.6. The average molecular weight is 1200 g/mol. The molecule has 0 spiro atoms. The van der Waals surface area contributed by atoms with E-state index in [1.54, 1.807) is 6.92 Å². The maximum absolute atomic E-state index is 11.7. The third kappa shape index (κ3) is 12.6. The summed E-state index contributed by atoms with van der Waals surface area (Å²) in [7, 11) is 0. The molecule has 82 heavy (non-hydrogen) atoms. The van der Waals surface area contributed by atoms with E-state index in [4.69, 9.17) is 66.3 Å². The SMILES string of the molecule is Cc1cn(C[C@H]2O[C@@H]3O[C@H]4[C@H](O)[C@@H](O)[C@@H](O[C@H]5[C@H](O)[C@@H](O)[C@@H](O[C@H]6[C@H](O)[C@@H](O)[C@@H](O[C@H]7[C@H](O)[C@@H](O)[C@@H](O[C@H]8[C@H](O)[C@@H](O)[C@@H](O[C@H]9[C@H](O)[C@@H](O)[C@@H](O[C@H]2[C@H](O)[C@H]3O)O[C@@H]9CO)O[C@@H]8CO)O[C@@H]7CO)O[C@@H]6CO)O[C@@H]5CO)O[C@@H]4CO)nn1. The van der Waals surface area contributed by atoms with E-state index in [2.05, 4.69) is 10.3 Å². The second kappa shape index (κ2) is 27.0. The molecule has 21 aliphatic heterocycles. The molecule has 35 atom stereocenters. The van der Waals surface area contributed by atoms with Crippen LogP contribution in [0.3, 0.4) is 0 Å². The summed E-state index contributed by atoms with van der Waals surface area (Å²) < 4.78 is 82.2. The van der Waals surface area contributed by atoms with Crippen LogP contribution in [-0.4, -0.2) is 372 Å². The van der Waals surface area contributed by atoms with Gasteiger partial charge in [-0.15, -0.1) is 5.10 Å². The van der Waals surface area contributed by atoms with Crippen molar-refractivity contribution >= 4 is 0 Å². The quantitative estimate of drug-likeness (QED) is 0.115. The van der Waals surface area contributed by atoms with E-state index in [0.717, 1.165) is 0 Å². The molecule has 22 rings (SSSR count). The summed E-state index contributed by atoms with van der Waals surface area (Å²) in [4.78, 5) is 0. The molecule has 0 aromatic carbocycles. The minimum absolute atomic E-state index is 0.393. The topological polar surface area (TPSA) is 565 Å². The average Bonchev–Trinajstić information content (AvgIpc) is 3.97. The van der Waals surface area contributed by atoms with Gasteiger partial charge in [-0.1, -0.05) is 5.21 Å². The first kappa shape index (κ1) is 64.3. The summed E-state index contributed by atoms with van der Waals surface area (Å²) in [5, 5.41) is 231. The molecule has 0 aliphatic carbocycles. The number of aliphatic hydroxyl groups is 20. The molecule has 0 saturated carbocycles. The highest BCUT2D eigenvalue weighted by molar-refractivity contribution is 5.02. The minimum atomic E-state index is -2.21. The molecule has 14 bridgehead atoms. The van der Waals surface area contributed by atoms with Gasteiger partial charge in [-0.3, -0.25) is 0 Å². The first-order valence-electron chi connectivity index (χ1n) is 26.3. The minimum Gasteiger partial charge on any atom is -0.394 e. The number of ether oxygens (including phenoxy) is 14. The maximum Gasteiger partial charge on any atom is 0.187 e. The highest BCUT2D eigenvalue weighted by atomic mass is 16.8. The monoisotopic (exact) mass is 1200 g/mol. The number of hydrogen-bond acceptors (Lipinski definition) is 36. The first-order valence-corrected chi connectivity index (χ1v) is 26.3. The van der Waals surface area contributed by atoms with Crippen molar-refractivity contribution in [3.05, 3.63) is 11.9 Å². The molecule has 0 radical (unpaired) electrons. The van der Waals surface area contributed by atoms with Crippen LogP contribution in [-0.2, 0) is 72.9 Å². The molecule has 0 unspecified atom stereocenters. The van der Waals surface area contributed by atoms with Gasteiger partial charge in [0.25, 0.3) is 0 Å². The lowest BCUT2D eigenvalue weighted by Gasteiger charge is -2.50. The Morgan fingerprint density at radius 1 is 0.293 bits per heavy atom. The molecule has 472 valence electrons. The molecule has 22 heterocycles. The van der Waals surface area contributed by atoms with E-state index in [1.807, 2.05) is 0 Å². The summed E-state index contributed by atoms with van der Waals surface area (Å²) in [6, 6.07) is 0. The van der Waals surface area contributed by atoms with Crippen LogP contribution in [0, 0.1) is 6.92 Å². The predicted octanol–water partition coefficient (Wildman–Crippen LogP) is -14.6. The van der Waals surface area contributed by atoms with Gasteiger partial charge < -0.3 is 168 Å². The number of nitrogens with zero attached hydrogens (tertiary/aromatic N) is 3. The molecule has 21 fully saturated rings. The Morgan fingerprint density at radius 2 is 0.476 bits per heavy atom. The van der Waals surface area contributed by atoms with Crippen molar-refractivity contribution in [2.45, 2.75) is 228 Å². The van der Waals surface area contributed by atoms with E-state index in [-0.39, 0.29) is 0 Å². The maximum atomic E-state index is 11.7. The van der Waals surface area contributed by atoms with Gasteiger partial charge in [0.1, 0.15) is 171 Å². The van der Waals surface area contributed by atoms with E-state index in [9.17, 15) is 102 Å². The van der Waals surface area contributed by atoms with Gasteiger partial charge in [0, 0.05) is 6.20 Å². The molecule has 21 aliphatic rings. The Kier molecular flexibility index (Phi) is 21.2. The zero-order chi connectivity index (χ0) is 59.3. The Hall–Kier alpha value is -2.22. The highest BCUT2D eigenvalue weighted by Crippen LogP contribution is 2.39. The molecule has 37 heteroatoms. The zero-order valence-electron chi connectivity index (χ0n) is 43.2. The van der Waals surface area contributed by atoms with Crippen LogP contribution in [0.5, 0.6) is 0 Å². The van der Waals surface area contributed by atoms with Gasteiger partial charge >= 0.3 is 0 Å². The zero-order valence-corrected chi connectivity index (χ0v) is 43.2. The van der Waals surface area contributed by atoms with Crippen LogP contribution in [0.1, 0.15) is 5.69 Å². The number of aliphatic hydroxyl groups excluding tert-OH is 20. The van der Waals surface area contributed by atoms with Crippen LogP contribution >= 0.6 is 0 Å². The summed E-state index contributed by atoms with van der Waals surface area (Å²) in [6.07, 6.45) is -68.3. The van der Waals surface area contributed by atoms with Crippen molar-refractivity contribution in [2.24, 2.45) is 0 Å². The molecule has 21 saturated heterocycles. The number of hydrogen-bond donors (Lipinski definition) is 20. The molecular weight excluding hydrogens is 1130 g/mol. The summed E-state index contributed by atoms with van der Waals surface area (Å²) in [5.41, 5.74) is 0.394. The normalized spacial score (nSPS) is 52.7. The number of aromatic nitrogens is 3. The van der Waals surface area contributed by atoms with Crippen molar-refractivity contribution in [3.8, 4) is 0 Å². The van der Waals surface area contributed by atoms with Crippen LogP contribution in [0.4, 0.5) is 0 Å². The second-order valence-corrected chi connectivity index (χ2v) is 21.1. The van der Waals surface area contributed by atoms with Crippen molar-refractivity contribution in [1.82, 2.24) is 15.0 Å². The van der Waals surface area contributed by atoms with Gasteiger partial charge in [-0.2, -0.15) is 0 Å². The summed E-state index contributed by atoms with van der Waals surface area (Å²) in [5.74, 6) is 0. The van der Waals surface area contributed by atoms with Crippen molar-refractivity contribution in [2.75, 3.05) is 39.6 Å². The number of rotatable bonds is 8. The van der Waals surface area contributed by atoms with Gasteiger partial charge in [0.15, 0.2) is 44.0 Å². The van der Waals surface area contributed by atoms with Gasteiger partial charge in [-0.25, -0.2) is 4.68 Å². The van der Waals surface area contributed by atoms with E-state index in [1.165, 1.54) is 10.9 Å². The smallest absolute Gasteiger partial charge is 0.187 e. The van der Waals surface area contributed by atoms with E-state index < -0.39 is 261 Å². The molecule has 20 N–H and O–H groups in total. The molecule has 1 aromatic rings. The lowest BCUT2D eigenvalue weighted by molar-refractivity contribution is -0.396. The highest BCUT2D eigenvalue weighted by Gasteiger charge is 2.59. The van der Waals surface area contributed by atoms with Crippen LogP contribution in [0.15, 0.2) is 6.20 Å². The third-order valence-electron chi connectivity index (χ3n) is 15.6. The van der Waals surface area contributed by atoms with Gasteiger partial charge in [0.05, 0.1) is 51.9 Å². The van der Waals surface area contributed by atoms with E-state index in [0.29, 0.717) is 5.69 Å². The fourth-order valence-electron chi connectivity index (χ4n) is 11.1. The fraction of sp³-hybridized carbons (Fsp3) is 0.956. The summed E-state index contributed by atoms with van der Waals surface area (Å²) in [6.45, 7) is -5.06. The van der Waals surface area contributed by atoms with Crippen molar-refractivity contribution < 1.29 is 168 Å². The van der Waals surface area contributed by atoms with Gasteiger partial charge in [-0.05, 0) is 6.92 Å². The molecule has 1 aromatic heterocycles. The Balaban J connectivity index is 1.02. The lowest BCUT2D eigenvalue weighted by atomic mass is 9.95. The standard InChI is InChI=1S/C45H73N3O34/c1-10-2-48(47-46-10)3-11-32-18(55)25(62)39(69-11)77-33-12(4-49)71-41(27(64)20(33)57)79-35-14(6-51)73-43(29(66)22(35)59)81-37-16(8-53)75-45(31(68)24(37)61)82-38-17(9-54)74-44(30(67)23(38)60)80-36-15(7-52)72-42(28(65)21(36)58)78-34-13(5-50)70-40(76-32)26(63)19(34)56/h2,11-45,49-68H,3-9H2,1H3/t11-,12-,13-,14-,15-,16-,17-,18-,19-,20-,21-,22-,23-,24-,25-,26-,27-,28-,29-,30-,31-,32-,33-,34-,35-,36-,37-,38-,39-,40-,41-,42-,43-,44-,45-/m1/s1. The Bertz CT molecular complexity index is 2150. The Morgan fingerprint density at radius 3 is 0.646 bits per heavy atom. The molecule has 37 nitrogen and oxygen atoms in total. The number of aryl methyl sites for hydroxylation is 1. The van der Waals surface area contributed by atoms with Crippen LogP contribution in [0.2, 0.25) is 0 Å². The molecular formula is C45H73N3O34.